The van der Waals surface area contributed by atoms with Crippen LogP contribution in [-0.2, 0) is 14.3 Å². The molecule has 0 spiro atoms. The molecule has 2 heterocycles. The van der Waals surface area contributed by atoms with Crippen molar-refractivity contribution in [3.8, 4) is 0 Å². The van der Waals surface area contributed by atoms with Crippen molar-refractivity contribution >= 4 is 23.7 Å². The summed E-state index contributed by atoms with van der Waals surface area (Å²) in [5.74, 6) is -2.18. The molecule has 0 aromatic carbocycles. The number of rotatable bonds is 8. The predicted octanol–water partition coefficient (Wildman–Crippen LogP) is 1.90. The molecular weight excluding hydrogens is 346 g/mol. The van der Waals surface area contributed by atoms with Gasteiger partial charge in [0.2, 0.25) is 0 Å². The van der Waals surface area contributed by atoms with Crippen LogP contribution in [0.15, 0.2) is 16.7 Å². The number of H-pyrrole nitrogens is 1. The molecule has 0 bridgehead atoms. The van der Waals surface area contributed by atoms with Crippen molar-refractivity contribution < 1.29 is 33.4 Å². The van der Waals surface area contributed by atoms with Gasteiger partial charge in [0, 0.05) is 0 Å². The smallest absolute Gasteiger partial charge is 0.341 e. The number of furan rings is 1. The standard InChI is InChI=1S/C16H19N3O7/c1-4-24-15(22)9-6-11(26-8(9)3)12(16(23)25-5-2)18-13-10(14(20)21)7-17-19-13/h6-7,12H,4-5H2,1-3H3,(H,20,21)(H2,17,18,19). The SMILES string of the molecule is CCOC(=O)c1cc(C(Nc2[nH]ncc2C(=O)O)C(=O)OCC)oc1C. The highest BCUT2D eigenvalue weighted by atomic mass is 16.5. The van der Waals surface area contributed by atoms with Crippen molar-refractivity contribution in [3.63, 3.8) is 0 Å². The van der Waals surface area contributed by atoms with Crippen molar-refractivity contribution in [3.05, 3.63) is 34.9 Å². The number of hydrogen-bond acceptors (Lipinski definition) is 8. The number of nitrogens with zero attached hydrogens (tertiary/aromatic N) is 1. The molecule has 0 saturated heterocycles. The van der Waals surface area contributed by atoms with Crippen LogP contribution < -0.4 is 5.32 Å². The predicted molar refractivity (Wildman–Crippen MR) is 87.9 cm³/mol. The number of carboxylic acid groups (broad SMARTS) is 1. The van der Waals surface area contributed by atoms with Crippen LogP contribution in [0.5, 0.6) is 0 Å². The Hall–Kier alpha value is -3.30. The molecule has 1 unspecified atom stereocenters. The van der Waals surface area contributed by atoms with Gasteiger partial charge in [0.15, 0.2) is 6.04 Å². The van der Waals surface area contributed by atoms with E-state index in [1.807, 2.05) is 0 Å². The first kappa shape index (κ1) is 19.0. The van der Waals surface area contributed by atoms with E-state index in [1.54, 1.807) is 20.8 Å². The van der Waals surface area contributed by atoms with Crippen molar-refractivity contribution in [2.75, 3.05) is 18.5 Å². The third-order valence-electron chi connectivity index (χ3n) is 3.40. The van der Waals surface area contributed by atoms with Crippen molar-refractivity contribution in [1.29, 1.82) is 0 Å². The van der Waals surface area contributed by atoms with Gasteiger partial charge in [0.05, 0.1) is 19.4 Å². The number of carbonyl (C=O) groups is 3. The zero-order valence-electron chi connectivity index (χ0n) is 14.5. The summed E-state index contributed by atoms with van der Waals surface area (Å²) in [6.45, 7) is 5.15. The lowest BCUT2D eigenvalue weighted by atomic mass is 10.1. The Kier molecular flexibility index (Phi) is 5.99. The number of aromatic nitrogens is 2. The monoisotopic (exact) mass is 365 g/mol. The summed E-state index contributed by atoms with van der Waals surface area (Å²) in [6, 6.07) is 0.175. The summed E-state index contributed by atoms with van der Waals surface area (Å²) >= 11 is 0. The molecule has 10 nitrogen and oxygen atoms in total. The zero-order valence-corrected chi connectivity index (χ0v) is 14.5. The van der Waals surface area contributed by atoms with E-state index in [4.69, 9.17) is 19.0 Å². The van der Waals surface area contributed by atoms with Crippen LogP contribution in [0, 0.1) is 6.92 Å². The van der Waals surface area contributed by atoms with Gasteiger partial charge in [-0.25, -0.2) is 14.4 Å². The fourth-order valence-electron chi connectivity index (χ4n) is 2.23. The summed E-state index contributed by atoms with van der Waals surface area (Å²) in [4.78, 5) is 35.5. The van der Waals surface area contributed by atoms with Crippen molar-refractivity contribution in [2.45, 2.75) is 26.8 Å². The van der Waals surface area contributed by atoms with E-state index in [2.05, 4.69) is 15.5 Å². The molecule has 0 fully saturated rings. The quantitative estimate of drug-likeness (QED) is 0.597. The van der Waals surface area contributed by atoms with Crippen LogP contribution in [0.25, 0.3) is 0 Å². The zero-order chi connectivity index (χ0) is 19.3. The summed E-state index contributed by atoms with van der Waals surface area (Å²) in [5.41, 5.74) is 0.00853. The Morgan fingerprint density at radius 1 is 1.27 bits per heavy atom. The molecule has 26 heavy (non-hydrogen) atoms. The fraction of sp³-hybridized carbons (Fsp3) is 0.375. The molecule has 10 heteroatoms. The first-order chi connectivity index (χ1) is 12.4. The van der Waals surface area contributed by atoms with E-state index in [1.165, 1.54) is 6.07 Å². The van der Waals surface area contributed by atoms with Crippen molar-refractivity contribution in [1.82, 2.24) is 10.2 Å². The summed E-state index contributed by atoms with van der Waals surface area (Å²) in [7, 11) is 0. The number of aromatic carboxylic acids is 1. The molecule has 0 saturated carbocycles. The molecule has 0 aliphatic carbocycles. The first-order valence-electron chi connectivity index (χ1n) is 7.86. The minimum atomic E-state index is -1.23. The Labute approximate surface area is 148 Å². The summed E-state index contributed by atoms with van der Waals surface area (Å²) in [6.07, 6.45) is 1.10. The molecule has 0 radical (unpaired) electrons. The summed E-state index contributed by atoms with van der Waals surface area (Å²) < 4.78 is 15.5. The first-order valence-corrected chi connectivity index (χ1v) is 7.86. The maximum Gasteiger partial charge on any atom is 0.341 e. The number of nitrogens with one attached hydrogen (secondary N) is 2. The molecule has 1 atom stereocenters. The Morgan fingerprint density at radius 2 is 1.96 bits per heavy atom. The molecule has 3 N–H and O–H groups in total. The number of hydrogen-bond donors (Lipinski definition) is 3. The topological polar surface area (TPSA) is 144 Å². The van der Waals surface area contributed by atoms with Gasteiger partial charge < -0.3 is 24.3 Å². The second-order valence-corrected chi connectivity index (χ2v) is 5.13. The second kappa shape index (κ2) is 8.19. The third-order valence-corrected chi connectivity index (χ3v) is 3.40. The van der Waals surface area contributed by atoms with Gasteiger partial charge >= 0.3 is 17.9 Å². The normalized spacial score (nSPS) is 11.7. The van der Waals surface area contributed by atoms with E-state index in [-0.39, 0.29) is 41.7 Å². The largest absolute Gasteiger partial charge is 0.477 e. The maximum atomic E-state index is 12.3. The summed E-state index contributed by atoms with van der Waals surface area (Å²) in [5, 5.41) is 18.0. The van der Waals surface area contributed by atoms with Gasteiger partial charge in [-0.05, 0) is 26.8 Å². The van der Waals surface area contributed by atoms with E-state index < -0.39 is 23.9 Å². The highest BCUT2D eigenvalue weighted by molar-refractivity contribution is 5.94. The minimum absolute atomic E-state index is 0.00212. The van der Waals surface area contributed by atoms with Crippen LogP contribution in [0.3, 0.4) is 0 Å². The van der Waals surface area contributed by atoms with Crippen LogP contribution in [0.1, 0.15) is 52.1 Å². The number of esters is 2. The number of carboxylic acids is 1. The van der Waals surface area contributed by atoms with Crippen molar-refractivity contribution in [2.24, 2.45) is 0 Å². The molecule has 2 aromatic heterocycles. The lowest BCUT2D eigenvalue weighted by molar-refractivity contribution is -0.144. The second-order valence-electron chi connectivity index (χ2n) is 5.13. The lowest BCUT2D eigenvalue weighted by Crippen LogP contribution is -2.24. The number of carbonyl (C=O) groups excluding carboxylic acids is 2. The fourth-order valence-corrected chi connectivity index (χ4v) is 2.23. The van der Waals surface area contributed by atoms with Gasteiger partial charge in [-0.1, -0.05) is 0 Å². The van der Waals surface area contributed by atoms with Gasteiger partial charge in [-0.15, -0.1) is 0 Å². The Morgan fingerprint density at radius 3 is 2.58 bits per heavy atom. The van der Waals surface area contributed by atoms with Crippen LogP contribution >= 0.6 is 0 Å². The Bertz CT molecular complexity index is 809. The van der Waals surface area contributed by atoms with Gasteiger partial charge in [0.1, 0.15) is 28.5 Å². The highest BCUT2D eigenvalue weighted by Crippen LogP contribution is 2.27. The van der Waals surface area contributed by atoms with E-state index in [0.717, 1.165) is 6.20 Å². The number of aromatic amines is 1. The number of anilines is 1. The van der Waals surface area contributed by atoms with Crippen LogP contribution in [-0.4, -0.2) is 46.4 Å². The molecular formula is C16H19N3O7. The van der Waals surface area contributed by atoms with E-state index >= 15 is 0 Å². The minimum Gasteiger partial charge on any atom is -0.477 e. The molecule has 0 aliphatic heterocycles. The average molecular weight is 365 g/mol. The third kappa shape index (κ3) is 4.02. The Balaban J connectivity index is 2.38. The molecule has 2 aromatic rings. The number of ether oxygens (including phenoxy) is 2. The van der Waals surface area contributed by atoms with Gasteiger partial charge in [-0.3, -0.25) is 5.10 Å². The average Bonchev–Trinajstić information content (AvgIpc) is 3.19. The molecule has 0 amide bonds. The molecule has 2 rings (SSSR count). The number of aryl methyl sites for hydroxylation is 1. The van der Waals surface area contributed by atoms with Gasteiger partial charge in [0.25, 0.3) is 0 Å². The highest BCUT2D eigenvalue weighted by Gasteiger charge is 2.30. The van der Waals surface area contributed by atoms with Crippen LogP contribution in [0.4, 0.5) is 5.82 Å². The van der Waals surface area contributed by atoms with Gasteiger partial charge in [-0.2, -0.15) is 5.10 Å². The lowest BCUT2D eigenvalue weighted by Gasteiger charge is -2.15. The van der Waals surface area contributed by atoms with E-state index in [0.29, 0.717) is 0 Å². The van der Waals surface area contributed by atoms with E-state index in [9.17, 15) is 14.4 Å². The molecule has 0 aliphatic rings. The maximum absolute atomic E-state index is 12.3. The van der Waals surface area contributed by atoms with Crippen LogP contribution in [0.2, 0.25) is 0 Å². The molecule has 140 valence electrons.